The van der Waals surface area contributed by atoms with Gasteiger partial charge in [-0.2, -0.15) is 0 Å². The van der Waals surface area contributed by atoms with Crippen LogP contribution in [0.2, 0.25) is 0 Å². The summed E-state index contributed by atoms with van der Waals surface area (Å²) in [6, 6.07) is 0. The van der Waals surface area contributed by atoms with Crippen LogP contribution in [0.15, 0.2) is 36.5 Å². The summed E-state index contributed by atoms with van der Waals surface area (Å²) in [5.74, 6) is -0.867. The highest BCUT2D eigenvalue weighted by Crippen LogP contribution is 2.19. The highest BCUT2D eigenvalue weighted by atomic mass is 16.6. The van der Waals surface area contributed by atoms with Gasteiger partial charge in [0.2, 0.25) is 0 Å². The number of hydrogen-bond donors (Lipinski definition) is 0. The lowest BCUT2D eigenvalue weighted by atomic mass is 10.0. The average Bonchev–Trinajstić information content (AvgIpc) is 3.45. The van der Waals surface area contributed by atoms with E-state index >= 15 is 0 Å². The second-order valence-electron chi connectivity index (χ2n) is 24.2. The monoisotopic (exact) mass is 1110 g/mol. The third-order valence-electron chi connectivity index (χ3n) is 16.1. The van der Waals surface area contributed by atoms with Crippen LogP contribution in [0.25, 0.3) is 0 Å². The maximum atomic E-state index is 12.9. The molecule has 0 rings (SSSR count). The van der Waals surface area contributed by atoms with Crippen LogP contribution < -0.4 is 0 Å². The van der Waals surface area contributed by atoms with E-state index in [0.717, 1.165) is 77.0 Å². The van der Waals surface area contributed by atoms with Crippen LogP contribution in [0.1, 0.15) is 393 Å². The van der Waals surface area contributed by atoms with E-state index in [4.69, 9.17) is 14.2 Å². The summed E-state index contributed by atoms with van der Waals surface area (Å²) in [6.45, 7) is 6.63. The van der Waals surface area contributed by atoms with Gasteiger partial charge in [0.15, 0.2) is 6.10 Å². The number of hydrogen-bond acceptors (Lipinski definition) is 6. The van der Waals surface area contributed by atoms with E-state index in [2.05, 4.69) is 57.2 Å². The van der Waals surface area contributed by atoms with Crippen LogP contribution in [0.4, 0.5) is 0 Å². The first-order valence-corrected chi connectivity index (χ1v) is 35.5. The fourth-order valence-corrected chi connectivity index (χ4v) is 10.8. The number of esters is 3. The van der Waals surface area contributed by atoms with Crippen molar-refractivity contribution in [3.05, 3.63) is 36.5 Å². The zero-order valence-electron chi connectivity index (χ0n) is 53.4. The predicted molar refractivity (Wildman–Crippen MR) is 344 cm³/mol. The largest absolute Gasteiger partial charge is 0.462 e. The zero-order chi connectivity index (χ0) is 57.1. The van der Waals surface area contributed by atoms with E-state index in [1.807, 2.05) is 0 Å². The van der Waals surface area contributed by atoms with Gasteiger partial charge in [0.05, 0.1) is 0 Å². The third kappa shape index (κ3) is 66.3. The molecule has 0 aliphatic carbocycles. The molecule has 0 heterocycles. The van der Waals surface area contributed by atoms with E-state index in [1.54, 1.807) is 0 Å². The maximum absolute atomic E-state index is 12.9. The van der Waals surface area contributed by atoms with Crippen LogP contribution in [0.3, 0.4) is 0 Å². The maximum Gasteiger partial charge on any atom is 0.306 e. The Morgan fingerprint density at radius 1 is 0.253 bits per heavy atom. The van der Waals surface area contributed by atoms with Gasteiger partial charge >= 0.3 is 17.9 Å². The van der Waals surface area contributed by atoms with Crippen LogP contribution >= 0.6 is 0 Å². The molecule has 0 aromatic rings. The van der Waals surface area contributed by atoms with Gasteiger partial charge < -0.3 is 14.2 Å². The zero-order valence-corrected chi connectivity index (χ0v) is 53.4. The molecule has 0 fully saturated rings. The van der Waals surface area contributed by atoms with Crippen molar-refractivity contribution in [3.8, 4) is 0 Å². The smallest absolute Gasteiger partial charge is 0.306 e. The Bertz CT molecular complexity index is 1320. The number of unbranched alkanes of at least 4 members (excludes halogenated alkanes) is 49. The fraction of sp³-hybridized carbons (Fsp3) is 0.877. The molecule has 0 N–H and O–H groups in total. The molecule has 79 heavy (non-hydrogen) atoms. The van der Waals surface area contributed by atoms with Crippen molar-refractivity contribution in [2.24, 2.45) is 0 Å². The van der Waals surface area contributed by atoms with E-state index in [1.165, 1.54) is 276 Å². The number of ether oxygens (including phenoxy) is 3. The Kier molecular flexibility index (Phi) is 66.1. The Hall–Kier alpha value is -2.37. The molecule has 1 atom stereocenters. The second-order valence-corrected chi connectivity index (χ2v) is 24.2. The van der Waals surface area contributed by atoms with Crippen molar-refractivity contribution in [2.75, 3.05) is 13.2 Å². The summed E-state index contributed by atoms with van der Waals surface area (Å²) in [5, 5.41) is 0. The number of carbonyl (C=O) groups excluding carboxylic acids is 3. The van der Waals surface area contributed by atoms with E-state index in [0.29, 0.717) is 19.3 Å². The average molecular weight is 1110 g/mol. The number of allylic oxidation sites excluding steroid dienone is 6. The van der Waals surface area contributed by atoms with E-state index in [-0.39, 0.29) is 31.1 Å². The summed E-state index contributed by atoms with van der Waals surface area (Å²) < 4.78 is 16.9. The Labute approximate surface area is 493 Å². The first-order valence-electron chi connectivity index (χ1n) is 35.5. The normalized spacial score (nSPS) is 12.2. The molecule has 6 nitrogen and oxygen atoms in total. The van der Waals surface area contributed by atoms with Crippen LogP contribution in [0.5, 0.6) is 0 Å². The second kappa shape index (κ2) is 68.1. The van der Waals surface area contributed by atoms with Crippen molar-refractivity contribution in [2.45, 2.75) is 399 Å². The minimum absolute atomic E-state index is 0.0729. The molecule has 0 saturated carbocycles. The van der Waals surface area contributed by atoms with Gasteiger partial charge in [0.25, 0.3) is 0 Å². The summed E-state index contributed by atoms with van der Waals surface area (Å²) in [7, 11) is 0. The number of rotatable bonds is 66. The highest BCUT2D eigenvalue weighted by molar-refractivity contribution is 5.71. The molecule has 0 aliphatic rings. The molecule has 0 aromatic heterocycles. The fourth-order valence-electron chi connectivity index (χ4n) is 10.8. The van der Waals surface area contributed by atoms with Crippen molar-refractivity contribution in [1.29, 1.82) is 0 Å². The molecule has 0 bridgehead atoms. The minimum Gasteiger partial charge on any atom is -0.462 e. The highest BCUT2D eigenvalue weighted by Gasteiger charge is 2.19. The molecule has 0 saturated heterocycles. The SMILES string of the molecule is CCCCC/C=C\C/C=C\C/C=C\CCCCCCCCC(=O)OC(COC(=O)CCCCCCCCCC)COC(=O)CCCCCCCCCCCCCCCCCCCCCCCCCCCCCCCCCCCC. The van der Waals surface area contributed by atoms with Gasteiger partial charge in [0, 0.05) is 19.3 Å². The summed E-state index contributed by atoms with van der Waals surface area (Å²) in [5.41, 5.74) is 0. The van der Waals surface area contributed by atoms with Gasteiger partial charge in [-0.25, -0.2) is 0 Å². The Morgan fingerprint density at radius 2 is 0.456 bits per heavy atom. The van der Waals surface area contributed by atoms with Gasteiger partial charge in [-0.1, -0.05) is 353 Å². The summed E-state index contributed by atoms with van der Waals surface area (Å²) >= 11 is 0. The summed E-state index contributed by atoms with van der Waals surface area (Å²) in [4.78, 5) is 38.2. The molecule has 6 heteroatoms. The predicted octanol–water partition coefficient (Wildman–Crippen LogP) is 24.3. The minimum atomic E-state index is -0.775. The Morgan fingerprint density at radius 3 is 0.734 bits per heavy atom. The van der Waals surface area contributed by atoms with Crippen LogP contribution in [-0.2, 0) is 28.6 Å². The lowest BCUT2D eigenvalue weighted by Crippen LogP contribution is -2.30. The lowest BCUT2D eigenvalue weighted by Gasteiger charge is -2.18. The molecular formula is C73H136O6. The first kappa shape index (κ1) is 76.6. The first-order chi connectivity index (χ1) is 39.0. The van der Waals surface area contributed by atoms with Crippen LogP contribution in [0, 0.1) is 0 Å². The van der Waals surface area contributed by atoms with Crippen molar-refractivity contribution in [1.82, 2.24) is 0 Å². The summed E-state index contributed by atoms with van der Waals surface area (Å²) in [6.07, 6.45) is 85.0. The topological polar surface area (TPSA) is 78.9 Å². The van der Waals surface area contributed by atoms with E-state index in [9.17, 15) is 14.4 Å². The standard InChI is InChI=1S/C73H136O6/c1-4-7-10-13-16-19-21-23-25-27-29-30-31-32-33-34-35-36-37-38-39-40-41-42-43-45-46-48-50-52-54-57-60-63-66-72(75)78-69-70(68-77-71(74)65-62-59-56-18-15-12-9-6-3)79-73(76)67-64-61-58-55-53-51-49-47-44-28-26-24-22-20-17-14-11-8-5-2/h17,20,24,26,44,47,70H,4-16,18-19,21-23,25,27-43,45-46,48-69H2,1-3H3/b20-17-,26-24-,47-44-. The lowest BCUT2D eigenvalue weighted by molar-refractivity contribution is -0.167. The molecule has 0 spiro atoms. The molecule has 464 valence electrons. The molecule has 1 unspecified atom stereocenters. The number of carbonyl (C=O) groups is 3. The Balaban J connectivity index is 3.98. The van der Waals surface area contributed by atoms with Gasteiger partial charge in [-0.05, 0) is 57.8 Å². The van der Waals surface area contributed by atoms with Crippen molar-refractivity contribution < 1.29 is 28.6 Å². The van der Waals surface area contributed by atoms with Gasteiger partial charge in [-0.3, -0.25) is 14.4 Å². The van der Waals surface area contributed by atoms with E-state index < -0.39 is 6.10 Å². The third-order valence-corrected chi connectivity index (χ3v) is 16.1. The van der Waals surface area contributed by atoms with Crippen molar-refractivity contribution in [3.63, 3.8) is 0 Å². The molecule has 0 radical (unpaired) electrons. The van der Waals surface area contributed by atoms with Gasteiger partial charge in [0.1, 0.15) is 13.2 Å². The van der Waals surface area contributed by atoms with Crippen LogP contribution in [-0.4, -0.2) is 37.2 Å². The molecule has 0 amide bonds. The van der Waals surface area contributed by atoms with Crippen molar-refractivity contribution >= 4 is 17.9 Å². The quantitative estimate of drug-likeness (QED) is 0.0261. The molecular weight excluding hydrogens is 973 g/mol. The molecule has 0 aromatic carbocycles. The van der Waals surface area contributed by atoms with Gasteiger partial charge in [-0.15, -0.1) is 0 Å². The molecule has 0 aliphatic heterocycles.